The Morgan fingerprint density at radius 2 is 1.38 bits per heavy atom. The van der Waals surface area contributed by atoms with E-state index in [-0.39, 0.29) is 12.3 Å². The molecule has 0 atom stereocenters. The zero-order valence-corrected chi connectivity index (χ0v) is 7.93. The predicted molar refractivity (Wildman–Crippen MR) is 42.6 cm³/mol. The fraction of sp³-hybridized carbons (Fsp3) is 0. The molecular formula is C2H12N6O4S. The molecule has 0 saturated heterocycles. The van der Waals surface area contributed by atoms with E-state index in [0.29, 0.717) is 0 Å². The highest BCUT2D eigenvalue weighted by atomic mass is 32.3. The highest BCUT2D eigenvalue weighted by Gasteiger charge is 1.71. The van der Waals surface area contributed by atoms with Crippen LogP contribution in [0.2, 0.25) is 0 Å². The van der Waals surface area contributed by atoms with Crippen LogP contribution in [0, 0.1) is 0 Å². The highest BCUT2D eigenvalue weighted by Crippen LogP contribution is 1.61. The second kappa shape index (κ2) is 7.38. The van der Waals surface area contributed by atoms with Gasteiger partial charge in [0, 0.05) is 10.4 Å². The number of quaternary nitrogens is 2. The maximum Gasteiger partial charge on any atom is 0.138 e. The Hall–Kier alpha value is -1.27. The van der Waals surface area contributed by atoms with Gasteiger partial charge in [0.1, 0.15) is 12.7 Å². The number of rotatable bonds is 0. The van der Waals surface area contributed by atoms with Crippen LogP contribution in [0.15, 0.2) is 12.7 Å². The SMILES string of the molecule is Nn1cnnc1.O=S(=O)([O-])[O-].[NH4+].[NH4+]. The molecule has 0 unspecified atom stereocenters. The number of hydrogen-bond donors (Lipinski definition) is 3. The summed E-state index contributed by atoms with van der Waals surface area (Å²) in [6.45, 7) is 0. The lowest BCUT2D eigenvalue weighted by atomic mass is 11.3. The minimum atomic E-state index is -5.17. The van der Waals surface area contributed by atoms with Crippen molar-refractivity contribution in [1.82, 2.24) is 27.2 Å². The third-order valence-corrected chi connectivity index (χ3v) is 0.437. The average molecular weight is 216 g/mol. The van der Waals surface area contributed by atoms with Crippen LogP contribution in [0.4, 0.5) is 0 Å². The minimum Gasteiger partial charge on any atom is -0.759 e. The largest absolute Gasteiger partial charge is 0.759 e. The van der Waals surface area contributed by atoms with Crippen LogP contribution >= 0.6 is 0 Å². The van der Waals surface area contributed by atoms with Gasteiger partial charge in [0.15, 0.2) is 0 Å². The zero-order chi connectivity index (χ0) is 8.91. The van der Waals surface area contributed by atoms with E-state index in [9.17, 15) is 0 Å². The molecule has 0 bridgehead atoms. The first-order valence-corrected chi connectivity index (χ1v) is 3.49. The van der Waals surface area contributed by atoms with Gasteiger partial charge in [-0.2, -0.15) is 0 Å². The molecule has 80 valence electrons. The molecule has 0 aliphatic rings. The third-order valence-electron chi connectivity index (χ3n) is 0.437. The molecule has 0 aliphatic heterocycles. The molecule has 1 heterocycles. The van der Waals surface area contributed by atoms with E-state index in [1.807, 2.05) is 0 Å². The summed E-state index contributed by atoms with van der Waals surface area (Å²) in [5.41, 5.74) is 0. The number of nitrogen functional groups attached to an aromatic ring is 1. The molecule has 1 rings (SSSR count). The van der Waals surface area contributed by atoms with Gasteiger partial charge in [0.05, 0.1) is 0 Å². The van der Waals surface area contributed by atoms with Crippen LogP contribution in [0.5, 0.6) is 0 Å². The molecule has 0 saturated carbocycles. The van der Waals surface area contributed by atoms with E-state index in [2.05, 4.69) is 10.2 Å². The van der Waals surface area contributed by atoms with Gasteiger partial charge in [-0.3, -0.25) is 8.42 Å². The second-order valence-corrected chi connectivity index (χ2v) is 2.13. The molecule has 1 aromatic rings. The summed E-state index contributed by atoms with van der Waals surface area (Å²) in [4.78, 5) is 0. The number of hydrogen-bond acceptors (Lipinski definition) is 7. The summed E-state index contributed by atoms with van der Waals surface area (Å²) in [6.07, 6.45) is 2.83. The van der Waals surface area contributed by atoms with Crippen molar-refractivity contribution in [3.8, 4) is 0 Å². The van der Waals surface area contributed by atoms with Crippen molar-refractivity contribution in [2.45, 2.75) is 0 Å². The van der Waals surface area contributed by atoms with Crippen LogP contribution < -0.4 is 18.1 Å². The Morgan fingerprint density at radius 1 is 1.15 bits per heavy atom. The van der Waals surface area contributed by atoms with E-state index in [1.165, 1.54) is 17.3 Å². The predicted octanol–water partition coefficient (Wildman–Crippen LogP) is -1.59. The third kappa shape index (κ3) is 24.9. The van der Waals surface area contributed by atoms with Gasteiger partial charge in [-0.1, -0.05) is 0 Å². The second-order valence-electron chi connectivity index (χ2n) is 1.32. The lowest BCUT2D eigenvalue weighted by Crippen LogP contribution is -2.02. The first-order chi connectivity index (χ1) is 4.89. The summed E-state index contributed by atoms with van der Waals surface area (Å²) in [7, 11) is -5.17. The van der Waals surface area contributed by atoms with E-state index in [4.69, 9.17) is 23.4 Å². The lowest BCUT2D eigenvalue weighted by molar-refractivity contribution is 0.352. The van der Waals surface area contributed by atoms with E-state index in [0.717, 1.165) is 0 Å². The fourth-order valence-corrected chi connectivity index (χ4v) is 0.209. The summed E-state index contributed by atoms with van der Waals surface area (Å²) >= 11 is 0. The van der Waals surface area contributed by atoms with Crippen molar-refractivity contribution < 1.29 is 17.5 Å². The molecule has 0 amide bonds. The quantitative estimate of drug-likeness (QED) is 0.262. The molecule has 11 heteroatoms. The van der Waals surface area contributed by atoms with Gasteiger partial charge in [-0.15, -0.1) is 10.2 Å². The first kappa shape index (κ1) is 17.7. The summed E-state index contributed by atoms with van der Waals surface area (Å²) < 4.78 is 35.4. The van der Waals surface area contributed by atoms with E-state index >= 15 is 0 Å². The van der Waals surface area contributed by atoms with Gasteiger partial charge in [-0.05, 0) is 0 Å². The molecule has 13 heavy (non-hydrogen) atoms. The topological polar surface area (TPSA) is 210 Å². The summed E-state index contributed by atoms with van der Waals surface area (Å²) in [6, 6.07) is 0. The number of nitrogens with two attached hydrogens (primary N) is 1. The Bertz CT molecular complexity index is 272. The van der Waals surface area contributed by atoms with Crippen LogP contribution in [-0.4, -0.2) is 32.4 Å². The normalized spacial score (nSPS) is 8.46. The van der Waals surface area contributed by atoms with Crippen LogP contribution in [0.1, 0.15) is 0 Å². The van der Waals surface area contributed by atoms with Crippen LogP contribution in [0.25, 0.3) is 0 Å². The molecule has 10 nitrogen and oxygen atoms in total. The first-order valence-electron chi connectivity index (χ1n) is 2.16. The molecule has 0 fully saturated rings. The zero-order valence-electron chi connectivity index (χ0n) is 7.11. The van der Waals surface area contributed by atoms with Crippen LogP contribution in [-0.2, 0) is 10.4 Å². The summed E-state index contributed by atoms with van der Waals surface area (Å²) in [5.74, 6) is 5.07. The van der Waals surface area contributed by atoms with Gasteiger partial charge in [0.2, 0.25) is 0 Å². The fourth-order valence-electron chi connectivity index (χ4n) is 0.209. The Balaban J connectivity index is -0.000000136. The smallest absolute Gasteiger partial charge is 0.138 e. The molecule has 1 aromatic heterocycles. The van der Waals surface area contributed by atoms with Crippen molar-refractivity contribution in [3.63, 3.8) is 0 Å². The van der Waals surface area contributed by atoms with E-state index < -0.39 is 10.4 Å². The van der Waals surface area contributed by atoms with Crippen molar-refractivity contribution in [2.75, 3.05) is 5.84 Å². The summed E-state index contributed by atoms with van der Waals surface area (Å²) in [5, 5.41) is 6.82. The Morgan fingerprint density at radius 3 is 1.46 bits per heavy atom. The number of nitrogens with zero attached hydrogens (tertiary/aromatic N) is 3. The van der Waals surface area contributed by atoms with Gasteiger partial charge in [-0.25, -0.2) is 4.68 Å². The Labute approximate surface area is 74.5 Å². The van der Waals surface area contributed by atoms with Crippen molar-refractivity contribution in [3.05, 3.63) is 12.7 Å². The minimum absolute atomic E-state index is 0. The monoisotopic (exact) mass is 216 g/mol. The van der Waals surface area contributed by atoms with Gasteiger partial charge in [0.25, 0.3) is 0 Å². The molecule has 10 N–H and O–H groups in total. The van der Waals surface area contributed by atoms with Gasteiger partial charge < -0.3 is 27.2 Å². The van der Waals surface area contributed by atoms with Crippen molar-refractivity contribution in [1.29, 1.82) is 0 Å². The maximum atomic E-state index is 8.52. The van der Waals surface area contributed by atoms with Crippen LogP contribution in [0.3, 0.4) is 0 Å². The molecule has 0 spiro atoms. The van der Waals surface area contributed by atoms with Gasteiger partial charge >= 0.3 is 0 Å². The molecular weight excluding hydrogens is 204 g/mol. The molecule has 0 aromatic carbocycles. The standard InChI is InChI=1S/C2H4N4.2H3N.H2O4S/c3-6-1-4-5-2-6;;;1-5(2,3)4/h1-2H,3H2;2*1H3;(H2,1,2,3,4). The molecule has 0 aliphatic carbocycles. The van der Waals surface area contributed by atoms with E-state index in [1.54, 1.807) is 0 Å². The maximum absolute atomic E-state index is 8.52. The lowest BCUT2D eigenvalue weighted by Gasteiger charge is -2.06. The molecule has 0 radical (unpaired) electrons. The average Bonchev–Trinajstić information content (AvgIpc) is 2.12. The van der Waals surface area contributed by atoms with Crippen molar-refractivity contribution in [2.24, 2.45) is 0 Å². The number of aromatic nitrogens is 3. The highest BCUT2D eigenvalue weighted by molar-refractivity contribution is 7.79. The Kier molecular flexibility index (Phi) is 10.1. The van der Waals surface area contributed by atoms with Crippen molar-refractivity contribution >= 4 is 10.4 Å².